The molecule has 124 valence electrons. The molecule has 2 aliphatic carbocycles. The van der Waals surface area contributed by atoms with Gasteiger partial charge in [-0.05, 0) is 68.6 Å². The Labute approximate surface area is 137 Å². The van der Waals surface area contributed by atoms with Gasteiger partial charge in [-0.3, -0.25) is 0 Å². The molecule has 3 rings (SSSR count). The van der Waals surface area contributed by atoms with Gasteiger partial charge in [0, 0.05) is 19.6 Å². The van der Waals surface area contributed by atoms with E-state index < -0.39 is 0 Å². The SMILES string of the molecule is CCC1=CC2CC1CN(CC1CCC/C(=C/C(C)C)CC1)C2. The van der Waals surface area contributed by atoms with Gasteiger partial charge in [0.25, 0.3) is 0 Å². The molecule has 1 heterocycles. The Morgan fingerprint density at radius 3 is 2.86 bits per heavy atom. The zero-order chi connectivity index (χ0) is 15.5. The number of hydrogen-bond acceptors (Lipinski definition) is 1. The second-order valence-corrected chi connectivity index (χ2v) is 8.37. The van der Waals surface area contributed by atoms with Crippen LogP contribution in [0.15, 0.2) is 23.3 Å². The summed E-state index contributed by atoms with van der Waals surface area (Å²) in [7, 11) is 0. The average molecular weight is 302 g/mol. The first-order valence-electron chi connectivity index (χ1n) is 9.76. The quantitative estimate of drug-likeness (QED) is 0.494. The molecule has 1 saturated carbocycles. The number of piperidine rings is 1. The molecule has 2 fully saturated rings. The van der Waals surface area contributed by atoms with Crippen LogP contribution < -0.4 is 0 Å². The van der Waals surface area contributed by atoms with Gasteiger partial charge >= 0.3 is 0 Å². The zero-order valence-corrected chi connectivity index (χ0v) is 15.0. The molecule has 2 bridgehead atoms. The van der Waals surface area contributed by atoms with Crippen molar-refractivity contribution in [1.82, 2.24) is 4.90 Å². The standard InChI is InChI=1S/C21H35N/c1-4-20-11-19-12-21(20)15-22(14-19)13-18-7-5-6-17(8-9-18)10-16(2)3/h10-11,16,18-19,21H,4-9,12-15H2,1-3H3/b17-10-. The van der Waals surface area contributed by atoms with E-state index in [4.69, 9.17) is 0 Å². The third kappa shape index (κ3) is 4.04. The van der Waals surface area contributed by atoms with Gasteiger partial charge in [-0.2, -0.15) is 0 Å². The number of rotatable bonds is 4. The van der Waals surface area contributed by atoms with Crippen LogP contribution in [0.25, 0.3) is 0 Å². The largest absolute Gasteiger partial charge is 0.302 e. The van der Waals surface area contributed by atoms with Gasteiger partial charge in [0.2, 0.25) is 0 Å². The highest BCUT2D eigenvalue weighted by atomic mass is 15.1. The van der Waals surface area contributed by atoms with E-state index in [-0.39, 0.29) is 0 Å². The van der Waals surface area contributed by atoms with E-state index in [1.807, 2.05) is 0 Å². The molecule has 1 aliphatic heterocycles. The lowest BCUT2D eigenvalue weighted by molar-refractivity contribution is 0.145. The maximum atomic E-state index is 2.81. The zero-order valence-electron chi connectivity index (χ0n) is 15.0. The Bertz CT molecular complexity index is 431. The van der Waals surface area contributed by atoms with Gasteiger partial charge in [0.15, 0.2) is 0 Å². The van der Waals surface area contributed by atoms with E-state index in [1.54, 1.807) is 11.1 Å². The monoisotopic (exact) mass is 301 g/mol. The van der Waals surface area contributed by atoms with Gasteiger partial charge in [-0.1, -0.05) is 44.1 Å². The molecule has 0 N–H and O–H groups in total. The highest BCUT2D eigenvalue weighted by Crippen LogP contribution is 2.38. The molecular formula is C21H35N. The van der Waals surface area contributed by atoms with Crippen molar-refractivity contribution >= 4 is 0 Å². The van der Waals surface area contributed by atoms with E-state index in [0.717, 1.165) is 23.7 Å². The van der Waals surface area contributed by atoms with E-state index in [2.05, 4.69) is 37.8 Å². The molecule has 1 heteroatoms. The van der Waals surface area contributed by atoms with Crippen LogP contribution in [0.2, 0.25) is 0 Å². The summed E-state index contributed by atoms with van der Waals surface area (Å²) in [5.41, 5.74) is 3.50. The fourth-order valence-electron chi connectivity index (χ4n) is 5.08. The van der Waals surface area contributed by atoms with Crippen LogP contribution in [0, 0.1) is 23.7 Å². The summed E-state index contributed by atoms with van der Waals surface area (Å²) >= 11 is 0. The van der Waals surface area contributed by atoms with Crippen LogP contribution in [0.3, 0.4) is 0 Å². The third-order valence-electron chi connectivity index (χ3n) is 6.01. The minimum absolute atomic E-state index is 0.725. The van der Waals surface area contributed by atoms with E-state index in [1.165, 1.54) is 64.6 Å². The molecule has 0 aromatic rings. The van der Waals surface area contributed by atoms with Crippen molar-refractivity contribution in [2.75, 3.05) is 19.6 Å². The van der Waals surface area contributed by atoms with Crippen molar-refractivity contribution in [3.8, 4) is 0 Å². The number of allylic oxidation sites excluding steroid dienone is 2. The molecule has 3 unspecified atom stereocenters. The van der Waals surface area contributed by atoms with Crippen LogP contribution in [-0.2, 0) is 0 Å². The first kappa shape index (κ1) is 16.3. The number of likely N-dealkylation sites (tertiary alicyclic amines) is 1. The van der Waals surface area contributed by atoms with Gasteiger partial charge in [0.05, 0.1) is 0 Å². The van der Waals surface area contributed by atoms with Crippen LogP contribution in [-0.4, -0.2) is 24.5 Å². The van der Waals surface area contributed by atoms with Crippen LogP contribution in [0.4, 0.5) is 0 Å². The third-order valence-corrected chi connectivity index (χ3v) is 6.01. The average Bonchev–Trinajstić information content (AvgIpc) is 2.63. The lowest BCUT2D eigenvalue weighted by Gasteiger charge is -2.35. The minimum Gasteiger partial charge on any atom is -0.302 e. The molecule has 0 radical (unpaired) electrons. The summed E-state index contributed by atoms with van der Waals surface area (Å²) in [5, 5.41) is 0. The molecule has 0 spiro atoms. The summed E-state index contributed by atoms with van der Waals surface area (Å²) in [4.78, 5) is 2.81. The molecule has 22 heavy (non-hydrogen) atoms. The topological polar surface area (TPSA) is 3.24 Å². The van der Waals surface area contributed by atoms with Gasteiger partial charge < -0.3 is 4.90 Å². The fraction of sp³-hybridized carbons (Fsp3) is 0.810. The second kappa shape index (κ2) is 7.34. The Kier molecular flexibility index (Phi) is 5.44. The van der Waals surface area contributed by atoms with Crippen LogP contribution in [0.1, 0.15) is 65.7 Å². The molecular weight excluding hydrogens is 266 g/mol. The minimum atomic E-state index is 0.725. The molecule has 0 aromatic carbocycles. The van der Waals surface area contributed by atoms with Crippen LogP contribution in [0.5, 0.6) is 0 Å². The summed E-state index contributed by atoms with van der Waals surface area (Å²) in [6, 6.07) is 0. The predicted octanol–water partition coefficient (Wildman–Crippen LogP) is 5.44. The Morgan fingerprint density at radius 1 is 1.23 bits per heavy atom. The smallest absolute Gasteiger partial charge is 0.00476 e. The maximum absolute atomic E-state index is 2.81. The van der Waals surface area contributed by atoms with Crippen LogP contribution >= 0.6 is 0 Å². The maximum Gasteiger partial charge on any atom is 0.00476 e. The molecule has 0 aromatic heterocycles. The second-order valence-electron chi connectivity index (χ2n) is 8.37. The van der Waals surface area contributed by atoms with E-state index in [0.29, 0.717) is 0 Å². The van der Waals surface area contributed by atoms with Gasteiger partial charge in [0.1, 0.15) is 0 Å². The first-order chi connectivity index (χ1) is 10.6. The van der Waals surface area contributed by atoms with Gasteiger partial charge in [-0.15, -0.1) is 0 Å². The Hall–Kier alpha value is -0.560. The normalized spacial score (nSPS) is 35.0. The summed E-state index contributed by atoms with van der Waals surface area (Å²) in [6.07, 6.45) is 14.9. The van der Waals surface area contributed by atoms with E-state index in [9.17, 15) is 0 Å². The molecule has 1 nitrogen and oxygen atoms in total. The van der Waals surface area contributed by atoms with Crippen molar-refractivity contribution < 1.29 is 0 Å². The number of fused-ring (bicyclic) bond motifs is 2. The van der Waals surface area contributed by atoms with Crippen molar-refractivity contribution in [3.05, 3.63) is 23.3 Å². The Morgan fingerprint density at radius 2 is 2.09 bits per heavy atom. The van der Waals surface area contributed by atoms with Crippen molar-refractivity contribution in [3.63, 3.8) is 0 Å². The highest BCUT2D eigenvalue weighted by Gasteiger charge is 2.33. The van der Waals surface area contributed by atoms with Gasteiger partial charge in [-0.25, -0.2) is 0 Å². The van der Waals surface area contributed by atoms with Crippen molar-refractivity contribution in [2.24, 2.45) is 23.7 Å². The number of hydrogen-bond donors (Lipinski definition) is 0. The summed E-state index contributed by atoms with van der Waals surface area (Å²) in [6.45, 7) is 11.0. The lowest BCUT2D eigenvalue weighted by atomic mass is 9.91. The van der Waals surface area contributed by atoms with Crippen molar-refractivity contribution in [2.45, 2.75) is 65.7 Å². The number of nitrogens with zero attached hydrogens (tertiary/aromatic N) is 1. The molecule has 3 aliphatic rings. The summed E-state index contributed by atoms with van der Waals surface area (Å²) in [5.74, 6) is 3.44. The molecule has 3 atom stereocenters. The fourth-order valence-corrected chi connectivity index (χ4v) is 5.08. The lowest BCUT2D eigenvalue weighted by Crippen LogP contribution is -2.40. The van der Waals surface area contributed by atoms with E-state index >= 15 is 0 Å². The Balaban J connectivity index is 1.50. The van der Waals surface area contributed by atoms with Crippen molar-refractivity contribution in [1.29, 1.82) is 0 Å². The molecule has 1 saturated heterocycles. The summed E-state index contributed by atoms with van der Waals surface area (Å²) < 4.78 is 0. The predicted molar refractivity (Wildman–Crippen MR) is 95.9 cm³/mol. The highest BCUT2D eigenvalue weighted by molar-refractivity contribution is 5.18. The first-order valence-corrected chi connectivity index (χ1v) is 9.76. The molecule has 0 amide bonds.